The number of aryl methyl sites for hydroxylation is 3. The molecular formula is C17H17N3S2. The van der Waals surface area contributed by atoms with E-state index in [0.717, 1.165) is 16.4 Å². The Balaban J connectivity index is 1.72. The predicted molar refractivity (Wildman–Crippen MR) is 97.3 cm³/mol. The standard InChI is InChI=1S/C17H17N3S2/c1-11-4-5-14(8-13(11)3)15-10-22-17(19-15)20-18-9-16-12(2)6-7-21-16/h4-10H,1-3H3,(H,19,20)/b18-9-. The van der Waals surface area contributed by atoms with Crippen molar-refractivity contribution >= 4 is 34.0 Å². The third kappa shape index (κ3) is 3.26. The van der Waals surface area contributed by atoms with Gasteiger partial charge in [-0.05, 0) is 55.0 Å². The minimum atomic E-state index is 0.804. The van der Waals surface area contributed by atoms with Crippen LogP contribution >= 0.6 is 22.7 Å². The summed E-state index contributed by atoms with van der Waals surface area (Å²) >= 11 is 3.25. The van der Waals surface area contributed by atoms with Gasteiger partial charge in [-0.25, -0.2) is 4.98 Å². The van der Waals surface area contributed by atoms with Crippen LogP contribution in [-0.2, 0) is 0 Å². The van der Waals surface area contributed by atoms with E-state index in [-0.39, 0.29) is 0 Å². The molecule has 1 N–H and O–H groups in total. The Kier molecular flexibility index (Phi) is 4.36. The maximum Gasteiger partial charge on any atom is 0.203 e. The zero-order valence-electron chi connectivity index (χ0n) is 12.8. The first-order valence-electron chi connectivity index (χ1n) is 7.00. The highest BCUT2D eigenvalue weighted by atomic mass is 32.1. The summed E-state index contributed by atoms with van der Waals surface area (Å²) in [6, 6.07) is 8.51. The maximum atomic E-state index is 4.59. The van der Waals surface area contributed by atoms with E-state index in [4.69, 9.17) is 0 Å². The first kappa shape index (κ1) is 14.9. The summed E-state index contributed by atoms with van der Waals surface area (Å²) in [5.74, 6) is 0. The van der Waals surface area contributed by atoms with Crippen LogP contribution in [-0.4, -0.2) is 11.2 Å². The Morgan fingerprint density at radius 2 is 1.91 bits per heavy atom. The molecule has 2 heterocycles. The highest BCUT2D eigenvalue weighted by molar-refractivity contribution is 7.14. The number of nitrogens with one attached hydrogen (secondary N) is 1. The van der Waals surface area contributed by atoms with Crippen LogP contribution in [0.15, 0.2) is 40.1 Å². The molecule has 0 saturated carbocycles. The molecule has 1 aromatic carbocycles. The quantitative estimate of drug-likeness (QED) is 0.525. The van der Waals surface area contributed by atoms with Gasteiger partial charge in [-0.15, -0.1) is 22.7 Å². The molecule has 3 rings (SSSR count). The molecule has 5 heteroatoms. The van der Waals surface area contributed by atoms with E-state index in [9.17, 15) is 0 Å². The van der Waals surface area contributed by atoms with Crippen LogP contribution in [0, 0.1) is 20.8 Å². The fourth-order valence-corrected chi connectivity index (χ4v) is 3.48. The number of thiazole rings is 1. The van der Waals surface area contributed by atoms with E-state index in [1.165, 1.54) is 21.6 Å². The van der Waals surface area contributed by atoms with Gasteiger partial charge in [0.05, 0.1) is 11.9 Å². The molecule has 3 nitrogen and oxygen atoms in total. The molecule has 0 amide bonds. The van der Waals surface area contributed by atoms with Crippen molar-refractivity contribution < 1.29 is 0 Å². The molecule has 0 fully saturated rings. The number of anilines is 1. The van der Waals surface area contributed by atoms with Crippen molar-refractivity contribution in [3.63, 3.8) is 0 Å². The van der Waals surface area contributed by atoms with Crippen LogP contribution in [0.2, 0.25) is 0 Å². The first-order valence-corrected chi connectivity index (χ1v) is 8.76. The normalized spacial score (nSPS) is 11.2. The lowest BCUT2D eigenvalue weighted by Gasteiger charge is -2.02. The van der Waals surface area contributed by atoms with Crippen LogP contribution in [0.3, 0.4) is 0 Å². The maximum absolute atomic E-state index is 4.59. The van der Waals surface area contributed by atoms with E-state index >= 15 is 0 Å². The zero-order valence-corrected chi connectivity index (χ0v) is 14.4. The van der Waals surface area contributed by atoms with Crippen molar-refractivity contribution in [2.24, 2.45) is 5.10 Å². The highest BCUT2D eigenvalue weighted by Crippen LogP contribution is 2.26. The Bertz CT molecular complexity index is 815. The molecular weight excluding hydrogens is 310 g/mol. The van der Waals surface area contributed by atoms with Crippen molar-refractivity contribution in [1.82, 2.24) is 4.98 Å². The second kappa shape index (κ2) is 6.42. The van der Waals surface area contributed by atoms with E-state index in [1.54, 1.807) is 22.7 Å². The van der Waals surface area contributed by atoms with Crippen molar-refractivity contribution in [2.75, 3.05) is 5.43 Å². The number of rotatable bonds is 4. The molecule has 0 spiro atoms. The Morgan fingerprint density at radius 3 is 2.64 bits per heavy atom. The van der Waals surface area contributed by atoms with Crippen molar-refractivity contribution in [3.05, 3.63) is 56.6 Å². The number of hydrazone groups is 1. The van der Waals surface area contributed by atoms with Crippen LogP contribution in [0.5, 0.6) is 0 Å². The number of thiophene rings is 1. The fraction of sp³-hybridized carbons (Fsp3) is 0.176. The van der Waals surface area contributed by atoms with E-state index < -0.39 is 0 Å². The summed E-state index contributed by atoms with van der Waals surface area (Å²) in [6.07, 6.45) is 1.84. The average molecular weight is 327 g/mol. The summed E-state index contributed by atoms with van der Waals surface area (Å²) in [6.45, 7) is 6.32. The van der Waals surface area contributed by atoms with Gasteiger partial charge < -0.3 is 0 Å². The number of hydrogen-bond donors (Lipinski definition) is 1. The highest BCUT2D eigenvalue weighted by Gasteiger charge is 2.05. The third-order valence-corrected chi connectivity index (χ3v) is 5.25. The smallest absolute Gasteiger partial charge is 0.203 e. The molecule has 0 saturated heterocycles. The molecule has 22 heavy (non-hydrogen) atoms. The minimum absolute atomic E-state index is 0.804. The lowest BCUT2D eigenvalue weighted by molar-refractivity contribution is 1.28. The summed E-state index contributed by atoms with van der Waals surface area (Å²) in [4.78, 5) is 5.75. The van der Waals surface area contributed by atoms with Gasteiger partial charge in [-0.1, -0.05) is 12.1 Å². The summed E-state index contributed by atoms with van der Waals surface area (Å²) in [5.41, 5.74) is 8.96. The molecule has 2 aromatic heterocycles. The van der Waals surface area contributed by atoms with E-state index in [1.807, 2.05) is 6.21 Å². The molecule has 0 unspecified atom stereocenters. The lowest BCUT2D eigenvalue weighted by atomic mass is 10.1. The Hall–Kier alpha value is -1.98. The second-order valence-corrected chi connectivity index (χ2v) is 6.98. The second-order valence-electron chi connectivity index (χ2n) is 5.17. The molecule has 0 aliphatic heterocycles. The summed E-state index contributed by atoms with van der Waals surface area (Å²) in [7, 11) is 0. The van der Waals surface area contributed by atoms with Crippen LogP contribution in [0.4, 0.5) is 5.13 Å². The first-order chi connectivity index (χ1) is 10.6. The molecule has 0 aliphatic carbocycles. The van der Waals surface area contributed by atoms with Gasteiger partial charge in [0.15, 0.2) is 0 Å². The van der Waals surface area contributed by atoms with Gasteiger partial charge >= 0.3 is 0 Å². The van der Waals surface area contributed by atoms with Crippen LogP contribution < -0.4 is 5.43 Å². The lowest BCUT2D eigenvalue weighted by Crippen LogP contribution is -1.90. The number of aromatic nitrogens is 1. The van der Waals surface area contributed by atoms with E-state index in [2.05, 4.69) is 71.3 Å². The van der Waals surface area contributed by atoms with Gasteiger partial charge in [0.25, 0.3) is 0 Å². The van der Waals surface area contributed by atoms with Gasteiger partial charge in [0, 0.05) is 15.8 Å². The fourth-order valence-electron chi connectivity index (χ4n) is 2.02. The molecule has 0 bridgehead atoms. The monoisotopic (exact) mass is 327 g/mol. The minimum Gasteiger partial charge on any atom is -0.253 e. The van der Waals surface area contributed by atoms with Gasteiger partial charge in [0.1, 0.15) is 0 Å². The third-order valence-electron chi connectivity index (χ3n) is 3.55. The largest absolute Gasteiger partial charge is 0.253 e. The van der Waals surface area contributed by atoms with Crippen molar-refractivity contribution in [1.29, 1.82) is 0 Å². The van der Waals surface area contributed by atoms with Gasteiger partial charge in [-0.3, -0.25) is 5.43 Å². The van der Waals surface area contributed by atoms with Crippen LogP contribution in [0.25, 0.3) is 11.3 Å². The molecule has 3 aromatic rings. The van der Waals surface area contributed by atoms with Crippen LogP contribution in [0.1, 0.15) is 21.6 Å². The van der Waals surface area contributed by atoms with Gasteiger partial charge in [0.2, 0.25) is 5.13 Å². The van der Waals surface area contributed by atoms with Crippen molar-refractivity contribution in [2.45, 2.75) is 20.8 Å². The van der Waals surface area contributed by atoms with Crippen molar-refractivity contribution in [3.8, 4) is 11.3 Å². The van der Waals surface area contributed by atoms with E-state index in [0.29, 0.717) is 0 Å². The average Bonchev–Trinajstić information content (AvgIpc) is 3.12. The molecule has 0 radical (unpaired) electrons. The Labute approximate surface area is 138 Å². The molecule has 0 atom stereocenters. The summed E-state index contributed by atoms with van der Waals surface area (Å²) in [5, 5.41) is 9.19. The number of hydrogen-bond acceptors (Lipinski definition) is 5. The Morgan fingerprint density at radius 1 is 1.05 bits per heavy atom. The predicted octanol–water partition coefficient (Wildman–Crippen LogP) is 5.24. The number of benzene rings is 1. The summed E-state index contributed by atoms with van der Waals surface area (Å²) < 4.78 is 0. The SMILES string of the molecule is Cc1ccc(-c2csc(N/N=C\c3sccc3C)n2)cc1C. The van der Waals surface area contributed by atoms with Gasteiger partial charge in [-0.2, -0.15) is 5.10 Å². The number of nitrogens with zero attached hydrogens (tertiary/aromatic N) is 2. The molecule has 0 aliphatic rings. The molecule has 112 valence electrons. The zero-order chi connectivity index (χ0) is 15.5. The topological polar surface area (TPSA) is 37.3 Å².